The zero-order chi connectivity index (χ0) is 12.6. The monoisotopic (exact) mass is 311 g/mol. The molecule has 0 bridgehead atoms. The maximum absolute atomic E-state index is 10.0. The first-order chi connectivity index (χ1) is 7.88. The molecule has 0 atom stereocenters. The van der Waals surface area contributed by atoms with Crippen LogP contribution in [0, 0.1) is 6.92 Å². The van der Waals surface area contributed by atoms with Gasteiger partial charge in [-0.2, -0.15) is 0 Å². The minimum Gasteiger partial charge on any atom is -0.385 e. The van der Waals surface area contributed by atoms with Crippen LogP contribution < -0.4 is 0 Å². The molecule has 0 aliphatic rings. The molecule has 1 N–H and O–H groups in total. The molecule has 0 fully saturated rings. The van der Waals surface area contributed by atoms with Crippen LogP contribution in [0.1, 0.15) is 24.4 Å². The molecule has 0 spiro atoms. The Bertz CT molecular complexity index is 543. The average molecular weight is 312 g/mol. The van der Waals surface area contributed by atoms with Crippen LogP contribution in [-0.4, -0.2) is 10.1 Å². The second-order valence-corrected chi connectivity index (χ2v) is 6.42. The molecule has 4 heteroatoms. The Morgan fingerprint density at radius 2 is 2.06 bits per heavy atom. The highest BCUT2D eigenvalue weighted by Gasteiger charge is 2.23. The number of hydrogen-bond donors (Lipinski definition) is 1. The Morgan fingerprint density at radius 3 is 2.59 bits per heavy atom. The molecule has 2 aromatic rings. The molecule has 1 heterocycles. The summed E-state index contributed by atoms with van der Waals surface area (Å²) in [6.07, 6.45) is 0. The lowest BCUT2D eigenvalue weighted by atomic mass is 10.1. The number of halogens is 1. The second-order valence-electron chi connectivity index (χ2n) is 4.50. The van der Waals surface area contributed by atoms with Crippen LogP contribution in [-0.2, 0) is 5.60 Å². The van der Waals surface area contributed by atoms with Gasteiger partial charge < -0.3 is 5.11 Å². The van der Waals surface area contributed by atoms with Crippen LogP contribution in [0.15, 0.2) is 28.7 Å². The normalized spacial score (nSPS) is 11.8. The Kier molecular flexibility index (Phi) is 3.39. The van der Waals surface area contributed by atoms with Gasteiger partial charge in [0.25, 0.3) is 0 Å². The Morgan fingerprint density at radius 1 is 1.35 bits per heavy atom. The lowest BCUT2D eigenvalue weighted by Crippen LogP contribution is -2.14. The molecular formula is C13H14BrNOS. The number of hydrogen-bond acceptors (Lipinski definition) is 3. The summed E-state index contributed by atoms with van der Waals surface area (Å²) in [6, 6.07) is 8.03. The van der Waals surface area contributed by atoms with Gasteiger partial charge in [-0.05, 0) is 32.9 Å². The summed E-state index contributed by atoms with van der Waals surface area (Å²) in [5.41, 5.74) is 1.15. The van der Waals surface area contributed by atoms with Crippen molar-refractivity contribution < 1.29 is 5.11 Å². The molecule has 0 aliphatic heterocycles. The number of thiazole rings is 1. The van der Waals surface area contributed by atoms with Crippen LogP contribution in [0.4, 0.5) is 0 Å². The number of aromatic nitrogens is 1. The fraction of sp³-hybridized carbons (Fsp3) is 0.308. The van der Waals surface area contributed by atoms with E-state index in [0.29, 0.717) is 0 Å². The Labute approximate surface area is 113 Å². The van der Waals surface area contributed by atoms with Crippen molar-refractivity contribution in [3.8, 4) is 10.6 Å². The molecule has 90 valence electrons. The minimum atomic E-state index is -0.827. The molecule has 0 amide bonds. The molecule has 0 radical (unpaired) electrons. The smallest absolute Gasteiger partial charge is 0.124 e. The number of rotatable bonds is 2. The van der Waals surface area contributed by atoms with Gasteiger partial charge in [0.15, 0.2) is 0 Å². The van der Waals surface area contributed by atoms with Crippen molar-refractivity contribution in [2.75, 3.05) is 0 Å². The molecule has 1 aromatic carbocycles. The van der Waals surface area contributed by atoms with E-state index in [1.807, 2.05) is 31.2 Å². The van der Waals surface area contributed by atoms with Crippen LogP contribution >= 0.6 is 27.3 Å². The molecule has 17 heavy (non-hydrogen) atoms. The van der Waals surface area contributed by atoms with E-state index < -0.39 is 5.60 Å². The highest BCUT2D eigenvalue weighted by Crippen LogP contribution is 2.35. The van der Waals surface area contributed by atoms with Crippen LogP contribution in [0.2, 0.25) is 0 Å². The van der Waals surface area contributed by atoms with E-state index in [4.69, 9.17) is 0 Å². The third-order valence-corrected chi connectivity index (χ3v) is 4.44. The molecule has 0 aliphatic carbocycles. The van der Waals surface area contributed by atoms with Crippen molar-refractivity contribution in [1.29, 1.82) is 0 Å². The zero-order valence-electron chi connectivity index (χ0n) is 9.99. The summed E-state index contributed by atoms with van der Waals surface area (Å²) in [4.78, 5) is 5.45. The van der Waals surface area contributed by atoms with Crippen LogP contribution in [0.3, 0.4) is 0 Å². The number of nitrogens with zero attached hydrogens (tertiary/aromatic N) is 1. The average Bonchev–Trinajstić information content (AvgIpc) is 2.60. The third-order valence-electron chi connectivity index (χ3n) is 2.42. The van der Waals surface area contributed by atoms with Gasteiger partial charge in [-0.15, -0.1) is 11.3 Å². The second kappa shape index (κ2) is 4.52. The first kappa shape index (κ1) is 12.7. The van der Waals surface area contributed by atoms with Gasteiger partial charge in [0, 0.05) is 10.0 Å². The SMILES string of the molecule is Cc1nc(-c2cccc(Br)c2)sc1C(C)(C)O. The third kappa shape index (κ3) is 2.76. The number of aryl methyl sites for hydroxylation is 1. The summed E-state index contributed by atoms with van der Waals surface area (Å²) >= 11 is 5.00. The molecule has 2 nitrogen and oxygen atoms in total. The number of benzene rings is 1. The van der Waals surface area contributed by atoms with Gasteiger partial charge in [0.1, 0.15) is 5.01 Å². The summed E-state index contributed by atoms with van der Waals surface area (Å²) in [6.45, 7) is 5.52. The fourth-order valence-electron chi connectivity index (χ4n) is 1.71. The first-order valence-electron chi connectivity index (χ1n) is 5.34. The molecule has 1 aromatic heterocycles. The van der Waals surface area contributed by atoms with E-state index in [9.17, 15) is 5.11 Å². The summed E-state index contributed by atoms with van der Waals surface area (Å²) in [5.74, 6) is 0. The largest absolute Gasteiger partial charge is 0.385 e. The van der Waals surface area contributed by atoms with Crippen molar-refractivity contribution >= 4 is 27.3 Å². The van der Waals surface area contributed by atoms with Crippen LogP contribution in [0.5, 0.6) is 0 Å². The maximum Gasteiger partial charge on any atom is 0.124 e. The summed E-state index contributed by atoms with van der Waals surface area (Å²) < 4.78 is 1.03. The van der Waals surface area contributed by atoms with E-state index in [2.05, 4.69) is 20.9 Å². The molecular weight excluding hydrogens is 298 g/mol. The Balaban J connectivity index is 2.49. The van der Waals surface area contributed by atoms with Gasteiger partial charge in [0.2, 0.25) is 0 Å². The van der Waals surface area contributed by atoms with E-state index in [0.717, 1.165) is 25.6 Å². The summed E-state index contributed by atoms with van der Waals surface area (Å²) in [7, 11) is 0. The predicted octanol–water partition coefficient (Wildman–Crippen LogP) is 4.11. The van der Waals surface area contributed by atoms with Crippen molar-refractivity contribution in [2.24, 2.45) is 0 Å². The van der Waals surface area contributed by atoms with E-state index >= 15 is 0 Å². The highest BCUT2D eigenvalue weighted by molar-refractivity contribution is 9.10. The minimum absolute atomic E-state index is 0.827. The first-order valence-corrected chi connectivity index (χ1v) is 6.95. The lowest BCUT2D eigenvalue weighted by Gasteiger charge is -2.14. The van der Waals surface area contributed by atoms with Gasteiger partial charge in [-0.1, -0.05) is 28.1 Å². The molecule has 2 rings (SSSR count). The van der Waals surface area contributed by atoms with Gasteiger partial charge in [-0.3, -0.25) is 0 Å². The van der Waals surface area contributed by atoms with Gasteiger partial charge >= 0.3 is 0 Å². The Hall–Kier alpha value is -0.710. The standard InChI is InChI=1S/C13H14BrNOS/c1-8-11(13(2,3)16)17-12(15-8)9-5-4-6-10(14)7-9/h4-7,16H,1-3H3. The summed E-state index contributed by atoms with van der Waals surface area (Å²) in [5, 5.41) is 11.0. The fourth-order valence-corrected chi connectivity index (χ4v) is 3.17. The zero-order valence-corrected chi connectivity index (χ0v) is 12.4. The predicted molar refractivity (Wildman–Crippen MR) is 75.2 cm³/mol. The van der Waals surface area contributed by atoms with E-state index in [-0.39, 0.29) is 0 Å². The van der Waals surface area contributed by atoms with Crippen molar-refractivity contribution in [2.45, 2.75) is 26.4 Å². The van der Waals surface area contributed by atoms with E-state index in [1.165, 1.54) is 0 Å². The highest BCUT2D eigenvalue weighted by atomic mass is 79.9. The maximum atomic E-state index is 10.0. The lowest BCUT2D eigenvalue weighted by molar-refractivity contribution is 0.0817. The quantitative estimate of drug-likeness (QED) is 0.905. The van der Waals surface area contributed by atoms with Crippen molar-refractivity contribution in [3.05, 3.63) is 39.3 Å². The molecule has 0 saturated heterocycles. The van der Waals surface area contributed by atoms with Gasteiger partial charge in [0.05, 0.1) is 16.2 Å². The van der Waals surface area contributed by atoms with Crippen molar-refractivity contribution in [3.63, 3.8) is 0 Å². The van der Waals surface area contributed by atoms with E-state index in [1.54, 1.807) is 25.2 Å². The van der Waals surface area contributed by atoms with Gasteiger partial charge in [-0.25, -0.2) is 4.98 Å². The molecule has 0 saturated carbocycles. The van der Waals surface area contributed by atoms with Crippen LogP contribution in [0.25, 0.3) is 10.6 Å². The van der Waals surface area contributed by atoms with Crippen molar-refractivity contribution in [1.82, 2.24) is 4.98 Å². The molecule has 0 unspecified atom stereocenters. The number of aliphatic hydroxyl groups is 1. The topological polar surface area (TPSA) is 33.1 Å².